The first-order chi connectivity index (χ1) is 12.2. The fraction of sp³-hybridized carbons (Fsp3) is 0.650. The van der Waals surface area contributed by atoms with Gasteiger partial charge in [-0.05, 0) is 43.4 Å². The molecule has 1 amide bonds. The van der Waals surface area contributed by atoms with E-state index in [9.17, 15) is 4.79 Å². The predicted octanol–water partition coefficient (Wildman–Crippen LogP) is 2.62. The quantitative estimate of drug-likeness (QED) is 0.786. The van der Waals surface area contributed by atoms with E-state index >= 15 is 0 Å². The lowest BCUT2D eigenvalue weighted by molar-refractivity contribution is -0.125. The van der Waals surface area contributed by atoms with Crippen LogP contribution in [0.4, 0.5) is 0 Å². The van der Waals surface area contributed by atoms with Crippen molar-refractivity contribution in [3.63, 3.8) is 0 Å². The van der Waals surface area contributed by atoms with Crippen molar-refractivity contribution in [1.29, 1.82) is 0 Å². The van der Waals surface area contributed by atoms with Crippen LogP contribution < -0.4 is 10.1 Å². The van der Waals surface area contributed by atoms with Gasteiger partial charge in [-0.2, -0.15) is 0 Å². The van der Waals surface area contributed by atoms with Crippen LogP contribution in [-0.2, 0) is 9.53 Å². The molecule has 0 spiro atoms. The maximum atomic E-state index is 12.4. The van der Waals surface area contributed by atoms with E-state index in [0.717, 1.165) is 32.1 Å². The van der Waals surface area contributed by atoms with E-state index in [1.807, 2.05) is 26.0 Å². The molecule has 1 N–H and O–H groups in total. The summed E-state index contributed by atoms with van der Waals surface area (Å²) >= 11 is 0. The van der Waals surface area contributed by atoms with E-state index in [1.54, 1.807) is 0 Å². The lowest BCUT2D eigenvalue weighted by Crippen LogP contribution is -2.44. The van der Waals surface area contributed by atoms with Crippen molar-refractivity contribution in [2.45, 2.75) is 32.7 Å². The van der Waals surface area contributed by atoms with Gasteiger partial charge in [0.1, 0.15) is 5.75 Å². The smallest absolute Gasteiger partial charge is 0.223 e. The Bertz CT molecular complexity index is 551. The average molecular weight is 346 g/mol. The topological polar surface area (TPSA) is 50.8 Å². The van der Waals surface area contributed by atoms with Crippen LogP contribution in [0.5, 0.6) is 5.75 Å². The zero-order chi connectivity index (χ0) is 17.6. The highest BCUT2D eigenvalue weighted by atomic mass is 16.5. The van der Waals surface area contributed by atoms with E-state index < -0.39 is 0 Å². The number of ether oxygens (including phenoxy) is 2. The Morgan fingerprint density at radius 2 is 1.96 bits per heavy atom. The molecular formula is C20H30N2O3. The summed E-state index contributed by atoms with van der Waals surface area (Å²) in [6, 6.07) is 8.43. The van der Waals surface area contributed by atoms with Gasteiger partial charge in [0.2, 0.25) is 5.91 Å². The molecule has 0 bridgehead atoms. The van der Waals surface area contributed by atoms with Gasteiger partial charge >= 0.3 is 0 Å². The maximum absolute atomic E-state index is 12.4. The molecule has 1 aromatic rings. The number of morpholine rings is 1. The Morgan fingerprint density at radius 3 is 2.56 bits per heavy atom. The van der Waals surface area contributed by atoms with E-state index in [4.69, 9.17) is 9.47 Å². The van der Waals surface area contributed by atoms with Crippen LogP contribution in [0.25, 0.3) is 0 Å². The number of nitrogens with one attached hydrogen (secondary N) is 1. The molecule has 2 fully saturated rings. The van der Waals surface area contributed by atoms with E-state index in [-0.39, 0.29) is 17.9 Å². The summed E-state index contributed by atoms with van der Waals surface area (Å²) in [5, 5.41) is 3.19. The molecule has 1 aliphatic heterocycles. The van der Waals surface area contributed by atoms with Gasteiger partial charge < -0.3 is 14.8 Å². The van der Waals surface area contributed by atoms with Crippen molar-refractivity contribution < 1.29 is 14.3 Å². The number of carbonyl (C=O) groups excluding carboxylic acids is 1. The first-order valence-corrected chi connectivity index (χ1v) is 9.51. The number of benzene rings is 1. The first kappa shape index (κ1) is 18.2. The van der Waals surface area contributed by atoms with E-state index in [1.165, 1.54) is 18.4 Å². The van der Waals surface area contributed by atoms with Gasteiger partial charge in [-0.3, -0.25) is 9.69 Å². The Morgan fingerprint density at radius 1 is 1.28 bits per heavy atom. The summed E-state index contributed by atoms with van der Waals surface area (Å²) in [5.74, 6) is 1.79. The van der Waals surface area contributed by atoms with Crippen LogP contribution in [0.1, 0.15) is 38.3 Å². The molecule has 138 valence electrons. The molecule has 3 rings (SSSR count). The zero-order valence-corrected chi connectivity index (χ0v) is 15.4. The molecular weight excluding hydrogens is 316 g/mol. The largest absolute Gasteiger partial charge is 0.494 e. The molecule has 2 unspecified atom stereocenters. The van der Waals surface area contributed by atoms with Crippen LogP contribution in [0, 0.1) is 11.8 Å². The minimum Gasteiger partial charge on any atom is -0.494 e. The van der Waals surface area contributed by atoms with Crippen molar-refractivity contribution in [3.8, 4) is 5.75 Å². The number of hydrogen-bond donors (Lipinski definition) is 1. The van der Waals surface area contributed by atoms with Gasteiger partial charge in [-0.15, -0.1) is 0 Å². The molecule has 1 saturated heterocycles. The minimum atomic E-state index is 0.130. The monoisotopic (exact) mass is 346 g/mol. The van der Waals surface area contributed by atoms with Crippen molar-refractivity contribution in [1.82, 2.24) is 10.2 Å². The van der Waals surface area contributed by atoms with Crippen molar-refractivity contribution in [2.24, 2.45) is 11.8 Å². The molecule has 1 aliphatic carbocycles. The summed E-state index contributed by atoms with van der Waals surface area (Å²) in [4.78, 5) is 14.8. The summed E-state index contributed by atoms with van der Waals surface area (Å²) in [7, 11) is 0. The molecule has 1 saturated carbocycles. The maximum Gasteiger partial charge on any atom is 0.223 e. The normalized spacial score (nSPS) is 20.7. The standard InChI is InChI=1S/C20H30N2O3/c1-3-25-18-8-6-17(7-9-18)19(22-10-12-24-13-11-22)14-21-20(23)15(2)16-4-5-16/h6-9,15-16,19H,3-5,10-14H2,1-2H3,(H,21,23). The highest BCUT2D eigenvalue weighted by molar-refractivity contribution is 5.78. The molecule has 0 radical (unpaired) electrons. The molecule has 2 atom stereocenters. The summed E-state index contributed by atoms with van der Waals surface area (Å²) in [5.41, 5.74) is 1.21. The molecule has 1 heterocycles. The van der Waals surface area contributed by atoms with Crippen molar-refractivity contribution in [2.75, 3.05) is 39.5 Å². The number of amides is 1. The van der Waals surface area contributed by atoms with Crippen LogP contribution in [-0.4, -0.2) is 50.3 Å². The Hall–Kier alpha value is -1.59. The van der Waals surface area contributed by atoms with Crippen LogP contribution in [0.15, 0.2) is 24.3 Å². The third-order valence-electron chi connectivity index (χ3n) is 5.27. The van der Waals surface area contributed by atoms with Crippen LogP contribution >= 0.6 is 0 Å². The number of rotatable bonds is 8. The number of nitrogens with zero attached hydrogens (tertiary/aromatic N) is 1. The van der Waals surface area contributed by atoms with Gasteiger partial charge in [0.05, 0.1) is 25.9 Å². The van der Waals surface area contributed by atoms with Gasteiger partial charge in [0, 0.05) is 25.6 Å². The van der Waals surface area contributed by atoms with Gasteiger partial charge in [-0.25, -0.2) is 0 Å². The third kappa shape index (κ3) is 4.95. The van der Waals surface area contributed by atoms with Crippen molar-refractivity contribution in [3.05, 3.63) is 29.8 Å². The number of hydrogen-bond acceptors (Lipinski definition) is 4. The van der Waals surface area contributed by atoms with Gasteiger partial charge in [0.15, 0.2) is 0 Å². The lowest BCUT2D eigenvalue weighted by Gasteiger charge is -2.35. The highest BCUT2D eigenvalue weighted by Gasteiger charge is 2.33. The molecule has 2 aliphatic rings. The van der Waals surface area contributed by atoms with Gasteiger partial charge in [0.25, 0.3) is 0 Å². The average Bonchev–Trinajstić information content (AvgIpc) is 3.49. The molecule has 5 heteroatoms. The van der Waals surface area contributed by atoms with E-state index in [0.29, 0.717) is 19.1 Å². The fourth-order valence-corrected chi connectivity index (χ4v) is 3.47. The minimum absolute atomic E-state index is 0.130. The molecule has 5 nitrogen and oxygen atoms in total. The second-order valence-electron chi connectivity index (χ2n) is 7.04. The van der Waals surface area contributed by atoms with Crippen LogP contribution in [0.2, 0.25) is 0 Å². The highest BCUT2D eigenvalue weighted by Crippen LogP contribution is 2.36. The Labute approximate surface area is 150 Å². The van der Waals surface area contributed by atoms with Gasteiger partial charge in [-0.1, -0.05) is 19.1 Å². The van der Waals surface area contributed by atoms with E-state index in [2.05, 4.69) is 22.3 Å². The van der Waals surface area contributed by atoms with Crippen LogP contribution in [0.3, 0.4) is 0 Å². The molecule has 0 aromatic heterocycles. The number of carbonyl (C=O) groups is 1. The fourth-order valence-electron chi connectivity index (χ4n) is 3.47. The SMILES string of the molecule is CCOc1ccc(C(CNC(=O)C(C)C2CC2)N2CCOCC2)cc1. The molecule has 25 heavy (non-hydrogen) atoms. The third-order valence-corrected chi connectivity index (χ3v) is 5.27. The summed E-state index contributed by atoms with van der Waals surface area (Å²) in [6.45, 7) is 8.64. The predicted molar refractivity (Wildman–Crippen MR) is 97.6 cm³/mol. The summed E-state index contributed by atoms with van der Waals surface area (Å²) < 4.78 is 11.0. The lowest BCUT2D eigenvalue weighted by atomic mass is 10.0. The summed E-state index contributed by atoms with van der Waals surface area (Å²) in [6.07, 6.45) is 2.39. The molecule has 1 aromatic carbocycles. The Balaban J connectivity index is 1.66. The zero-order valence-electron chi connectivity index (χ0n) is 15.4. The second kappa shape index (κ2) is 8.68. The van der Waals surface area contributed by atoms with Crippen molar-refractivity contribution >= 4 is 5.91 Å². The second-order valence-corrected chi connectivity index (χ2v) is 7.04. The Kier molecular flexibility index (Phi) is 6.32. The first-order valence-electron chi connectivity index (χ1n) is 9.51.